The number of aromatic amines is 2. The molecule has 0 radical (unpaired) electrons. The molecular formula is C19H29N5O. The van der Waals surface area contributed by atoms with Gasteiger partial charge in [0, 0.05) is 18.3 Å². The minimum Gasteiger partial charge on any atom is -0.326 e. The topological polar surface area (TPSA) is 111 Å². The number of fused-ring (bicyclic) bond motifs is 1. The van der Waals surface area contributed by atoms with Crippen molar-refractivity contribution in [1.82, 2.24) is 15.0 Å². The summed E-state index contributed by atoms with van der Waals surface area (Å²) in [6.45, 7) is 10.2. The van der Waals surface area contributed by atoms with Gasteiger partial charge < -0.3 is 16.1 Å². The number of benzene rings is 1. The van der Waals surface area contributed by atoms with Crippen LogP contribution >= 0.6 is 0 Å². The van der Waals surface area contributed by atoms with Crippen LogP contribution in [-0.2, 0) is 6.54 Å². The molecule has 0 aliphatic heterocycles. The van der Waals surface area contributed by atoms with Crippen LogP contribution < -0.4 is 11.4 Å². The van der Waals surface area contributed by atoms with Gasteiger partial charge in [-0.3, -0.25) is 4.98 Å². The van der Waals surface area contributed by atoms with Crippen molar-refractivity contribution in [2.24, 2.45) is 5.73 Å². The molecule has 0 spiro atoms. The van der Waals surface area contributed by atoms with Gasteiger partial charge in [-0.15, -0.1) is 0 Å². The first-order chi connectivity index (χ1) is 12.2. The molecule has 0 aliphatic rings. The van der Waals surface area contributed by atoms with Crippen molar-refractivity contribution < 1.29 is 0 Å². The van der Waals surface area contributed by atoms with Gasteiger partial charge in [-0.05, 0) is 30.3 Å². The van der Waals surface area contributed by atoms with Gasteiger partial charge in [-0.2, -0.15) is 0 Å². The maximum absolute atomic E-state index is 11.2. The fourth-order valence-corrected chi connectivity index (χ4v) is 1.91. The highest BCUT2D eigenvalue weighted by Gasteiger charge is 2.03. The van der Waals surface area contributed by atoms with Crippen molar-refractivity contribution in [1.29, 1.82) is 5.41 Å². The maximum atomic E-state index is 11.2. The molecule has 0 unspecified atom stereocenters. The Balaban J connectivity index is 0.000000728. The van der Waals surface area contributed by atoms with E-state index in [2.05, 4.69) is 15.0 Å². The van der Waals surface area contributed by atoms with Gasteiger partial charge in [0.1, 0.15) is 0 Å². The van der Waals surface area contributed by atoms with Crippen molar-refractivity contribution >= 4 is 17.4 Å². The molecular weight excluding hydrogens is 314 g/mol. The Labute approximate surface area is 149 Å². The van der Waals surface area contributed by atoms with E-state index < -0.39 is 0 Å². The zero-order chi connectivity index (χ0) is 19.2. The average Bonchev–Trinajstić information content (AvgIpc) is 3.05. The summed E-state index contributed by atoms with van der Waals surface area (Å²) in [6.07, 6.45) is 2.99. The van der Waals surface area contributed by atoms with Crippen LogP contribution in [0.1, 0.15) is 40.2 Å². The van der Waals surface area contributed by atoms with Gasteiger partial charge in [0.15, 0.2) is 5.65 Å². The third-order valence-electron chi connectivity index (χ3n) is 2.89. The fourth-order valence-electron chi connectivity index (χ4n) is 1.91. The molecule has 5 N–H and O–H groups in total. The van der Waals surface area contributed by atoms with Gasteiger partial charge in [0.25, 0.3) is 0 Å². The number of hydrogen-bond acceptors (Lipinski definition) is 4. The summed E-state index contributed by atoms with van der Waals surface area (Å²) in [5.74, 6) is 0. The van der Waals surface area contributed by atoms with Crippen LogP contribution in [0.15, 0.2) is 41.3 Å². The van der Waals surface area contributed by atoms with Crippen molar-refractivity contribution in [3.05, 3.63) is 52.6 Å². The van der Waals surface area contributed by atoms with E-state index in [1.54, 1.807) is 13.1 Å². The Kier molecular flexibility index (Phi) is 11.3. The van der Waals surface area contributed by atoms with Crippen molar-refractivity contribution in [2.75, 3.05) is 0 Å². The molecule has 0 bridgehead atoms. The lowest BCUT2D eigenvalue weighted by Crippen LogP contribution is -1.99. The number of pyridine rings is 1. The van der Waals surface area contributed by atoms with Gasteiger partial charge >= 0.3 is 5.69 Å². The molecule has 0 atom stereocenters. The standard InChI is InChI=1S/C13H12N4O.C2H5N.2C2H6/c14-6-8-1-3-9(4-2-8)10-5-11-12(15-7-10)17-13(18)16-11;1-2-3;2*1-2/h1-5,7H,6,14H2,(H2,15,16,17,18);2-3H,1H3;2*1-2H3. The largest absolute Gasteiger partial charge is 0.326 e. The maximum Gasteiger partial charge on any atom is 0.325 e. The summed E-state index contributed by atoms with van der Waals surface area (Å²) < 4.78 is 0. The van der Waals surface area contributed by atoms with Crippen LogP contribution in [0.5, 0.6) is 0 Å². The summed E-state index contributed by atoms with van der Waals surface area (Å²) in [6, 6.07) is 9.86. The molecule has 2 aromatic heterocycles. The summed E-state index contributed by atoms with van der Waals surface area (Å²) in [7, 11) is 0. The number of nitrogens with one attached hydrogen (secondary N) is 3. The van der Waals surface area contributed by atoms with Gasteiger partial charge in [-0.1, -0.05) is 52.0 Å². The minimum absolute atomic E-state index is 0.242. The molecule has 136 valence electrons. The van der Waals surface area contributed by atoms with Crippen molar-refractivity contribution in [3.8, 4) is 11.1 Å². The zero-order valence-electron chi connectivity index (χ0n) is 15.7. The predicted molar refractivity (Wildman–Crippen MR) is 107 cm³/mol. The third kappa shape index (κ3) is 6.73. The highest BCUT2D eigenvalue weighted by Crippen LogP contribution is 2.21. The highest BCUT2D eigenvalue weighted by atomic mass is 16.1. The fraction of sp³-hybridized carbons (Fsp3) is 0.316. The van der Waals surface area contributed by atoms with Gasteiger partial charge in [0.2, 0.25) is 0 Å². The Hall–Kier alpha value is -2.73. The molecule has 0 fully saturated rings. The van der Waals surface area contributed by atoms with E-state index in [1.807, 2.05) is 58.0 Å². The SMILES string of the molecule is CC.CC.CC=N.NCc1ccc(-c2cnc3[nH]c(=O)[nH]c3c2)cc1. The first kappa shape index (κ1) is 22.3. The van der Waals surface area contributed by atoms with Gasteiger partial charge in [-0.25, -0.2) is 9.78 Å². The van der Waals surface area contributed by atoms with E-state index >= 15 is 0 Å². The number of aromatic nitrogens is 3. The lowest BCUT2D eigenvalue weighted by atomic mass is 10.1. The minimum atomic E-state index is -0.242. The van der Waals surface area contributed by atoms with Crippen LogP contribution in [-0.4, -0.2) is 21.2 Å². The predicted octanol–water partition coefficient (Wildman–Crippen LogP) is 4.09. The summed E-state index contributed by atoms with van der Waals surface area (Å²) in [4.78, 5) is 20.7. The van der Waals surface area contributed by atoms with E-state index in [4.69, 9.17) is 11.1 Å². The Bertz CT molecular complexity index is 787. The van der Waals surface area contributed by atoms with Crippen LogP contribution in [0.2, 0.25) is 0 Å². The van der Waals surface area contributed by atoms with Crippen LogP contribution in [0.3, 0.4) is 0 Å². The second-order valence-corrected chi connectivity index (χ2v) is 4.39. The second kappa shape index (κ2) is 12.7. The second-order valence-electron chi connectivity index (χ2n) is 4.39. The van der Waals surface area contributed by atoms with Crippen LogP contribution in [0.4, 0.5) is 0 Å². The molecule has 6 heteroatoms. The number of nitrogens with two attached hydrogens (primary N) is 1. The molecule has 3 rings (SSSR count). The van der Waals surface area contributed by atoms with E-state index in [9.17, 15) is 4.79 Å². The monoisotopic (exact) mass is 343 g/mol. The molecule has 0 saturated heterocycles. The molecule has 1 aromatic carbocycles. The summed E-state index contributed by atoms with van der Waals surface area (Å²) in [5, 5.41) is 6.08. The lowest BCUT2D eigenvalue weighted by Gasteiger charge is -2.02. The molecule has 2 heterocycles. The zero-order valence-corrected chi connectivity index (χ0v) is 15.7. The number of rotatable bonds is 2. The smallest absolute Gasteiger partial charge is 0.325 e. The van der Waals surface area contributed by atoms with Crippen molar-refractivity contribution in [3.63, 3.8) is 0 Å². The first-order valence-electron chi connectivity index (χ1n) is 8.50. The third-order valence-corrected chi connectivity index (χ3v) is 2.89. The highest BCUT2D eigenvalue weighted by molar-refractivity contribution is 5.77. The molecule has 25 heavy (non-hydrogen) atoms. The Morgan fingerprint density at radius 1 is 1.08 bits per heavy atom. The molecule has 6 nitrogen and oxygen atoms in total. The molecule has 0 saturated carbocycles. The first-order valence-corrected chi connectivity index (χ1v) is 8.50. The van der Waals surface area contributed by atoms with Crippen LogP contribution in [0.25, 0.3) is 22.3 Å². The molecule has 0 aliphatic carbocycles. The molecule has 3 aromatic rings. The Morgan fingerprint density at radius 3 is 2.16 bits per heavy atom. The van der Waals surface area contributed by atoms with Crippen molar-refractivity contribution in [2.45, 2.75) is 41.2 Å². The number of nitrogens with zero attached hydrogens (tertiary/aromatic N) is 1. The summed E-state index contributed by atoms with van der Waals surface area (Å²) >= 11 is 0. The van der Waals surface area contributed by atoms with E-state index in [0.717, 1.165) is 16.7 Å². The molecule has 0 amide bonds. The van der Waals surface area contributed by atoms with E-state index in [1.165, 1.54) is 6.21 Å². The number of imidazole rings is 1. The quantitative estimate of drug-likeness (QED) is 0.526. The number of H-pyrrole nitrogens is 2. The van der Waals surface area contributed by atoms with Crippen LogP contribution in [0, 0.1) is 5.41 Å². The van der Waals surface area contributed by atoms with Gasteiger partial charge in [0.05, 0.1) is 5.52 Å². The lowest BCUT2D eigenvalue weighted by molar-refractivity contribution is 1.07. The summed E-state index contributed by atoms with van der Waals surface area (Å²) in [5.41, 5.74) is 9.69. The average molecular weight is 343 g/mol. The van der Waals surface area contributed by atoms with E-state index in [-0.39, 0.29) is 5.69 Å². The Morgan fingerprint density at radius 2 is 1.64 bits per heavy atom. The number of hydrogen-bond donors (Lipinski definition) is 4. The normalized spacial score (nSPS) is 8.88. The van der Waals surface area contributed by atoms with E-state index in [0.29, 0.717) is 17.7 Å².